The first-order chi connectivity index (χ1) is 8.63. The van der Waals surface area contributed by atoms with Gasteiger partial charge in [-0.1, -0.05) is 24.3 Å². The number of aryl methyl sites for hydroxylation is 1. The van der Waals surface area contributed by atoms with Crippen molar-refractivity contribution >= 4 is 11.8 Å². The molecule has 0 aliphatic heterocycles. The molecule has 5 nitrogen and oxygen atoms in total. The maximum Gasteiger partial charge on any atom is 0.360 e. The summed E-state index contributed by atoms with van der Waals surface area (Å²) in [5.74, 6) is -0.519. The van der Waals surface area contributed by atoms with Crippen LogP contribution in [0.1, 0.15) is 16.1 Å². The highest BCUT2D eigenvalue weighted by atomic mass is 16.5. The van der Waals surface area contributed by atoms with Crippen LogP contribution >= 0.6 is 0 Å². The summed E-state index contributed by atoms with van der Waals surface area (Å²) >= 11 is 0. The van der Waals surface area contributed by atoms with Gasteiger partial charge in [0.1, 0.15) is 0 Å². The third kappa shape index (κ3) is 2.15. The molecule has 0 fully saturated rings. The van der Waals surface area contributed by atoms with Crippen LogP contribution in [0.15, 0.2) is 30.5 Å². The second-order valence-electron chi connectivity index (χ2n) is 3.80. The van der Waals surface area contributed by atoms with E-state index in [1.54, 1.807) is 6.20 Å². The number of nitrogens with two attached hydrogens (primary N) is 1. The molecule has 0 bridgehead atoms. The van der Waals surface area contributed by atoms with Gasteiger partial charge in [-0.3, -0.25) is 0 Å². The molecule has 0 saturated heterocycles. The Morgan fingerprint density at radius 1 is 1.33 bits per heavy atom. The molecular weight excluding hydrogens is 230 g/mol. The molecule has 0 spiro atoms. The Morgan fingerprint density at radius 3 is 2.72 bits per heavy atom. The first-order valence-corrected chi connectivity index (χ1v) is 5.40. The van der Waals surface area contributed by atoms with E-state index in [9.17, 15) is 4.79 Å². The van der Waals surface area contributed by atoms with Gasteiger partial charge in [0.15, 0.2) is 11.5 Å². The summed E-state index contributed by atoms with van der Waals surface area (Å²) in [6, 6.07) is 7.71. The largest absolute Gasteiger partial charge is 0.464 e. The first-order valence-electron chi connectivity index (χ1n) is 5.40. The Bertz CT molecular complexity index is 597. The average Bonchev–Trinajstić information content (AvgIpc) is 2.39. The number of rotatable bonds is 2. The SMILES string of the molecule is COC(=O)c1nc(-c2ccccc2C)cnc1N. The second kappa shape index (κ2) is 4.83. The van der Waals surface area contributed by atoms with Gasteiger partial charge in [-0.25, -0.2) is 14.8 Å². The number of nitrogens with zero attached hydrogens (tertiary/aromatic N) is 2. The van der Waals surface area contributed by atoms with E-state index < -0.39 is 5.97 Å². The zero-order valence-electron chi connectivity index (χ0n) is 10.2. The van der Waals surface area contributed by atoms with E-state index in [0.717, 1.165) is 11.1 Å². The topological polar surface area (TPSA) is 78.1 Å². The molecule has 18 heavy (non-hydrogen) atoms. The highest BCUT2D eigenvalue weighted by Crippen LogP contribution is 2.22. The Hall–Kier alpha value is -2.43. The fourth-order valence-electron chi connectivity index (χ4n) is 1.64. The molecule has 1 aromatic carbocycles. The number of ether oxygens (including phenoxy) is 1. The van der Waals surface area contributed by atoms with Crippen LogP contribution in [0.25, 0.3) is 11.3 Å². The zero-order valence-corrected chi connectivity index (χ0v) is 10.2. The summed E-state index contributed by atoms with van der Waals surface area (Å²) in [6.45, 7) is 1.96. The molecule has 0 radical (unpaired) electrons. The van der Waals surface area contributed by atoms with Gasteiger partial charge in [-0.2, -0.15) is 0 Å². The Morgan fingerprint density at radius 2 is 2.06 bits per heavy atom. The minimum atomic E-state index is -0.588. The number of hydrogen-bond donors (Lipinski definition) is 1. The maximum atomic E-state index is 11.5. The molecule has 0 saturated carbocycles. The van der Waals surface area contributed by atoms with Crippen molar-refractivity contribution in [3.8, 4) is 11.3 Å². The number of methoxy groups -OCH3 is 1. The molecule has 5 heteroatoms. The van der Waals surface area contributed by atoms with Crippen LogP contribution in [0.3, 0.4) is 0 Å². The summed E-state index contributed by atoms with van der Waals surface area (Å²) in [6.07, 6.45) is 1.55. The number of anilines is 1. The van der Waals surface area contributed by atoms with Gasteiger partial charge in [0.05, 0.1) is 19.0 Å². The van der Waals surface area contributed by atoms with E-state index in [0.29, 0.717) is 5.69 Å². The third-order valence-electron chi connectivity index (χ3n) is 2.60. The molecule has 1 aromatic heterocycles. The van der Waals surface area contributed by atoms with Gasteiger partial charge in [0.25, 0.3) is 0 Å². The van der Waals surface area contributed by atoms with Crippen molar-refractivity contribution in [3.05, 3.63) is 41.7 Å². The van der Waals surface area contributed by atoms with Crippen LogP contribution in [-0.4, -0.2) is 23.0 Å². The van der Waals surface area contributed by atoms with Gasteiger partial charge in [-0.05, 0) is 12.5 Å². The molecule has 0 amide bonds. The Kier molecular flexibility index (Phi) is 3.23. The van der Waals surface area contributed by atoms with E-state index in [1.165, 1.54) is 7.11 Å². The fraction of sp³-hybridized carbons (Fsp3) is 0.154. The maximum absolute atomic E-state index is 11.5. The lowest BCUT2D eigenvalue weighted by molar-refractivity contribution is 0.0595. The van der Waals surface area contributed by atoms with E-state index >= 15 is 0 Å². The second-order valence-corrected chi connectivity index (χ2v) is 3.80. The van der Waals surface area contributed by atoms with Crippen LogP contribution in [0.4, 0.5) is 5.82 Å². The molecule has 0 aliphatic rings. The van der Waals surface area contributed by atoms with Crippen LogP contribution in [0.2, 0.25) is 0 Å². The van der Waals surface area contributed by atoms with E-state index in [-0.39, 0.29) is 11.5 Å². The van der Waals surface area contributed by atoms with Crippen molar-refractivity contribution < 1.29 is 9.53 Å². The number of carbonyl (C=O) groups is 1. The molecular formula is C13H13N3O2. The molecule has 2 aromatic rings. The normalized spacial score (nSPS) is 10.1. The molecule has 1 heterocycles. The number of benzene rings is 1. The summed E-state index contributed by atoms with van der Waals surface area (Å²) in [4.78, 5) is 19.7. The number of carbonyl (C=O) groups excluding carboxylic acids is 1. The van der Waals surface area contributed by atoms with Crippen LogP contribution in [0.5, 0.6) is 0 Å². The summed E-state index contributed by atoms with van der Waals surface area (Å²) < 4.78 is 4.62. The van der Waals surface area contributed by atoms with E-state index in [4.69, 9.17) is 5.73 Å². The lowest BCUT2D eigenvalue weighted by atomic mass is 10.1. The predicted molar refractivity (Wildman–Crippen MR) is 68.0 cm³/mol. The Labute approximate surface area is 105 Å². The van der Waals surface area contributed by atoms with E-state index in [1.807, 2.05) is 31.2 Å². The summed E-state index contributed by atoms with van der Waals surface area (Å²) in [5, 5.41) is 0. The lowest BCUT2D eigenvalue weighted by Crippen LogP contribution is -2.10. The van der Waals surface area contributed by atoms with Gasteiger partial charge >= 0.3 is 5.97 Å². The standard InChI is InChI=1S/C13H13N3O2/c1-8-5-3-4-6-9(8)10-7-15-12(14)11(16-10)13(17)18-2/h3-7H,1-2H3,(H2,14,15). The van der Waals surface area contributed by atoms with Crippen molar-refractivity contribution in [3.63, 3.8) is 0 Å². The Balaban J connectivity index is 2.54. The average molecular weight is 243 g/mol. The van der Waals surface area contributed by atoms with Crippen molar-refractivity contribution in [2.24, 2.45) is 0 Å². The first kappa shape index (κ1) is 12.0. The fourth-order valence-corrected chi connectivity index (χ4v) is 1.64. The number of esters is 1. The lowest BCUT2D eigenvalue weighted by Gasteiger charge is -2.07. The van der Waals surface area contributed by atoms with Crippen molar-refractivity contribution in [2.45, 2.75) is 6.92 Å². The minimum absolute atomic E-state index is 0.0400. The summed E-state index contributed by atoms with van der Waals surface area (Å²) in [5.41, 5.74) is 8.21. The monoisotopic (exact) mass is 243 g/mol. The zero-order chi connectivity index (χ0) is 13.1. The number of aromatic nitrogens is 2. The molecule has 0 unspecified atom stereocenters. The van der Waals surface area contributed by atoms with Gasteiger partial charge < -0.3 is 10.5 Å². The predicted octanol–water partition coefficient (Wildman–Crippen LogP) is 1.82. The molecule has 0 aliphatic carbocycles. The van der Waals surface area contributed by atoms with Crippen LogP contribution < -0.4 is 5.73 Å². The third-order valence-corrected chi connectivity index (χ3v) is 2.60. The van der Waals surface area contributed by atoms with Crippen LogP contribution in [0, 0.1) is 6.92 Å². The minimum Gasteiger partial charge on any atom is -0.464 e. The molecule has 2 N–H and O–H groups in total. The van der Waals surface area contributed by atoms with Gasteiger partial charge in [0.2, 0.25) is 0 Å². The van der Waals surface area contributed by atoms with Gasteiger partial charge in [0, 0.05) is 5.56 Å². The van der Waals surface area contributed by atoms with Crippen molar-refractivity contribution in [1.82, 2.24) is 9.97 Å². The molecule has 0 atom stereocenters. The highest BCUT2D eigenvalue weighted by molar-refractivity contribution is 5.92. The molecule has 92 valence electrons. The van der Waals surface area contributed by atoms with Gasteiger partial charge in [-0.15, -0.1) is 0 Å². The number of hydrogen-bond acceptors (Lipinski definition) is 5. The quantitative estimate of drug-likeness (QED) is 0.814. The van der Waals surface area contributed by atoms with Crippen molar-refractivity contribution in [2.75, 3.05) is 12.8 Å². The van der Waals surface area contributed by atoms with Crippen molar-refractivity contribution in [1.29, 1.82) is 0 Å². The number of nitrogen functional groups attached to an aromatic ring is 1. The highest BCUT2D eigenvalue weighted by Gasteiger charge is 2.15. The van der Waals surface area contributed by atoms with E-state index in [2.05, 4.69) is 14.7 Å². The molecule has 2 rings (SSSR count). The smallest absolute Gasteiger partial charge is 0.360 e. The van der Waals surface area contributed by atoms with Crippen LogP contribution in [-0.2, 0) is 4.74 Å². The summed E-state index contributed by atoms with van der Waals surface area (Å²) in [7, 11) is 1.28.